The number of nitrogens with zero attached hydrogens (tertiary/aromatic N) is 2. The molecule has 0 aromatic carbocycles. The van der Waals surface area contributed by atoms with Gasteiger partial charge in [0.15, 0.2) is 5.79 Å². The van der Waals surface area contributed by atoms with Crippen LogP contribution in [0.25, 0.3) is 0 Å². The van der Waals surface area contributed by atoms with Gasteiger partial charge in [0.1, 0.15) is 0 Å². The Morgan fingerprint density at radius 2 is 1.45 bits per heavy atom. The van der Waals surface area contributed by atoms with Crippen molar-refractivity contribution < 1.29 is 9.47 Å². The number of hydrogen-bond acceptors (Lipinski definition) is 6. The van der Waals surface area contributed by atoms with Crippen LogP contribution in [0.5, 0.6) is 0 Å². The molecule has 2 fully saturated rings. The van der Waals surface area contributed by atoms with Crippen LogP contribution in [0.2, 0.25) is 0 Å². The smallest absolute Gasteiger partial charge is 0.193 e. The summed E-state index contributed by atoms with van der Waals surface area (Å²) in [6.45, 7) is 16.1. The van der Waals surface area contributed by atoms with Gasteiger partial charge in [0.05, 0.1) is 26.3 Å². The van der Waals surface area contributed by atoms with E-state index in [1.165, 1.54) is 6.42 Å². The minimum Gasteiger partial charge on any atom is -0.346 e. The predicted octanol–water partition coefficient (Wildman–Crippen LogP) is -0.0438. The third kappa shape index (κ3) is 5.76. The largest absolute Gasteiger partial charge is 0.346 e. The van der Waals surface area contributed by atoms with E-state index in [0.717, 1.165) is 78.7 Å². The second kappa shape index (κ2) is 9.80. The second-order valence-corrected chi connectivity index (χ2v) is 6.22. The van der Waals surface area contributed by atoms with E-state index < -0.39 is 5.79 Å². The summed E-state index contributed by atoms with van der Waals surface area (Å²) in [4.78, 5) is 4.96. The normalized spacial score (nSPS) is 27.5. The van der Waals surface area contributed by atoms with Crippen LogP contribution < -0.4 is 10.6 Å². The average molecular weight is 314 g/mol. The molecule has 2 aliphatic rings. The number of morpholine rings is 2. The zero-order valence-corrected chi connectivity index (χ0v) is 14.4. The zero-order chi connectivity index (χ0) is 15.7. The Morgan fingerprint density at radius 3 is 2.09 bits per heavy atom. The molecule has 2 N–H and O–H groups in total. The van der Waals surface area contributed by atoms with E-state index in [2.05, 4.69) is 34.3 Å². The highest BCUT2D eigenvalue weighted by molar-refractivity contribution is 4.86. The third-order valence-corrected chi connectivity index (χ3v) is 4.41. The molecule has 2 saturated heterocycles. The quantitative estimate of drug-likeness (QED) is 0.582. The van der Waals surface area contributed by atoms with Crippen LogP contribution in [0, 0.1) is 0 Å². The number of hydrogen-bond donors (Lipinski definition) is 2. The lowest BCUT2D eigenvalue weighted by atomic mass is 10.1. The van der Waals surface area contributed by atoms with Crippen LogP contribution in [0.4, 0.5) is 0 Å². The van der Waals surface area contributed by atoms with Crippen molar-refractivity contribution in [3.63, 3.8) is 0 Å². The molecule has 0 aromatic rings. The van der Waals surface area contributed by atoms with E-state index in [9.17, 15) is 0 Å². The molecule has 0 aliphatic carbocycles. The SMILES string of the molecule is CCNCCCN1CCOC2(C1)CN(CCNCC)CCO2. The first-order chi connectivity index (χ1) is 10.8. The lowest BCUT2D eigenvalue weighted by Gasteiger charge is -2.47. The first-order valence-electron chi connectivity index (χ1n) is 8.92. The zero-order valence-electron chi connectivity index (χ0n) is 14.4. The maximum absolute atomic E-state index is 6.06. The van der Waals surface area contributed by atoms with Gasteiger partial charge in [-0.3, -0.25) is 9.80 Å². The Morgan fingerprint density at radius 1 is 0.864 bits per heavy atom. The van der Waals surface area contributed by atoms with Crippen LogP contribution in [-0.4, -0.2) is 94.2 Å². The van der Waals surface area contributed by atoms with E-state index in [0.29, 0.717) is 0 Å². The van der Waals surface area contributed by atoms with Crippen molar-refractivity contribution in [1.82, 2.24) is 20.4 Å². The summed E-state index contributed by atoms with van der Waals surface area (Å²) in [6.07, 6.45) is 1.19. The number of ether oxygens (including phenoxy) is 2. The molecular formula is C16H34N4O2. The Bertz CT molecular complexity index is 302. The monoisotopic (exact) mass is 314 g/mol. The first-order valence-corrected chi connectivity index (χ1v) is 8.92. The highest BCUT2D eigenvalue weighted by Gasteiger charge is 2.41. The Kier molecular flexibility index (Phi) is 8.06. The number of nitrogens with one attached hydrogen (secondary N) is 2. The van der Waals surface area contributed by atoms with Crippen LogP contribution in [0.3, 0.4) is 0 Å². The van der Waals surface area contributed by atoms with E-state index in [1.54, 1.807) is 0 Å². The van der Waals surface area contributed by atoms with Crippen LogP contribution >= 0.6 is 0 Å². The van der Waals surface area contributed by atoms with Gasteiger partial charge in [-0.15, -0.1) is 0 Å². The molecule has 22 heavy (non-hydrogen) atoms. The minimum atomic E-state index is -0.402. The molecule has 0 amide bonds. The van der Waals surface area contributed by atoms with Gasteiger partial charge in [-0.25, -0.2) is 0 Å². The van der Waals surface area contributed by atoms with Gasteiger partial charge in [-0.05, 0) is 32.6 Å². The molecule has 0 saturated carbocycles. The van der Waals surface area contributed by atoms with Gasteiger partial charge in [-0.2, -0.15) is 0 Å². The molecule has 1 spiro atoms. The summed E-state index contributed by atoms with van der Waals surface area (Å²) in [5.74, 6) is -0.402. The molecule has 130 valence electrons. The van der Waals surface area contributed by atoms with E-state index in [4.69, 9.17) is 9.47 Å². The standard InChI is InChI=1S/C16H34N4O2/c1-3-17-6-5-8-19-10-12-21-16(14-19)15-20(11-13-22-16)9-7-18-4-2/h17-18H,3-15H2,1-2H3. The number of rotatable bonds is 9. The van der Waals surface area contributed by atoms with Gasteiger partial charge in [-0.1, -0.05) is 13.8 Å². The molecule has 0 bridgehead atoms. The fourth-order valence-electron chi connectivity index (χ4n) is 3.24. The van der Waals surface area contributed by atoms with Crippen molar-refractivity contribution in [3.8, 4) is 0 Å². The van der Waals surface area contributed by atoms with Crippen LogP contribution in [-0.2, 0) is 9.47 Å². The van der Waals surface area contributed by atoms with Crippen molar-refractivity contribution >= 4 is 0 Å². The highest BCUT2D eigenvalue weighted by atomic mass is 16.7. The molecule has 1 atom stereocenters. The summed E-state index contributed by atoms with van der Waals surface area (Å²) in [7, 11) is 0. The van der Waals surface area contributed by atoms with E-state index in [1.807, 2.05) is 0 Å². The van der Waals surface area contributed by atoms with Crippen molar-refractivity contribution in [2.24, 2.45) is 0 Å². The van der Waals surface area contributed by atoms with Crippen molar-refractivity contribution in [2.45, 2.75) is 26.1 Å². The maximum atomic E-state index is 6.06. The Labute approximate surface area is 135 Å². The predicted molar refractivity (Wildman–Crippen MR) is 89.2 cm³/mol. The summed E-state index contributed by atoms with van der Waals surface area (Å²) in [6, 6.07) is 0. The molecule has 6 heteroatoms. The Hall–Kier alpha value is -0.240. The molecule has 0 radical (unpaired) electrons. The molecule has 1 unspecified atom stereocenters. The van der Waals surface area contributed by atoms with E-state index >= 15 is 0 Å². The van der Waals surface area contributed by atoms with Gasteiger partial charge in [0.2, 0.25) is 0 Å². The topological polar surface area (TPSA) is 49.0 Å². The van der Waals surface area contributed by atoms with Crippen molar-refractivity contribution in [2.75, 3.05) is 78.7 Å². The second-order valence-electron chi connectivity index (χ2n) is 6.22. The minimum absolute atomic E-state index is 0.402. The van der Waals surface area contributed by atoms with Crippen molar-refractivity contribution in [1.29, 1.82) is 0 Å². The van der Waals surface area contributed by atoms with Gasteiger partial charge in [0, 0.05) is 26.2 Å². The summed E-state index contributed by atoms with van der Waals surface area (Å²) in [5, 5.41) is 6.79. The first kappa shape index (κ1) is 18.1. The fraction of sp³-hybridized carbons (Fsp3) is 1.00. The molecule has 2 rings (SSSR count). The number of likely N-dealkylation sites (N-methyl/N-ethyl adjacent to an activating group) is 1. The Balaban J connectivity index is 1.75. The molecule has 2 aliphatic heterocycles. The van der Waals surface area contributed by atoms with Gasteiger partial charge in [0.25, 0.3) is 0 Å². The van der Waals surface area contributed by atoms with Crippen molar-refractivity contribution in [3.05, 3.63) is 0 Å². The summed E-state index contributed by atoms with van der Waals surface area (Å²) < 4.78 is 12.1. The molecule has 6 nitrogen and oxygen atoms in total. The summed E-state index contributed by atoms with van der Waals surface area (Å²) >= 11 is 0. The third-order valence-electron chi connectivity index (χ3n) is 4.41. The molecule has 0 aromatic heterocycles. The maximum Gasteiger partial charge on any atom is 0.193 e. The van der Waals surface area contributed by atoms with E-state index in [-0.39, 0.29) is 0 Å². The lowest BCUT2D eigenvalue weighted by molar-refractivity contribution is -0.291. The van der Waals surface area contributed by atoms with Gasteiger partial charge >= 0.3 is 0 Å². The summed E-state index contributed by atoms with van der Waals surface area (Å²) in [5.41, 5.74) is 0. The fourth-order valence-corrected chi connectivity index (χ4v) is 3.24. The van der Waals surface area contributed by atoms with Gasteiger partial charge < -0.3 is 20.1 Å². The molecule has 2 heterocycles. The van der Waals surface area contributed by atoms with Crippen LogP contribution in [0.15, 0.2) is 0 Å². The highest BCUT2D eigenvalue weighted by Crippen LogP contribution is 2.24. The lowest BCUT2D eigenvalue weighted by Crippen LogP contribution is -2.62. The van der Waals surface area contributed by atoms with Crippen LogP contribution in [0.1, 0.15) is 20.3 Å². The average Bonchev–Trinajstić information content (AvgIpc) is 2.52. The molecular weight excluding hydrogens is 280 g/mol.